The number of sulfone groups is 1. The Balaban J connectivity index is 2.29. The van der Waals surface area contributed by atoms with Crippen molar-refractivity contribution < 1.29 is 13.2 Å². The largest absolute Gasteiger partial charge is 0.495 e. The van der Waals surface area contributed by atoms with Gasteiger partial charge >= 0.3 is 0 Å². The molecule has 7 heteroatoms. The van der Waals surface area contributed by atoms with Gasteiger partial charge in [-0.25, -0.2) is 8.42 Å². The molecule has 0 spiro atoms. The van der Waals surface area contributed by atoms with E-state index >= 15 is 0 Å². The predicted molar refractivity (Wildman–Crippen MR) is 81.4 cm³/mol. The summed E-state index contributed by atoms with van der Waals surface area (Å²) in [7, 11) is -1.39. The van der Waals surface area contributed by atoms with Crippen LogP contribution in [-0.4, -0.2) is 27.0 Å². The summed E-state index contributed by atoms with van der Waals surface area (Å²) < 4.78 is 28.1. The van der Waals surface area contributed by atoms with Gasteiger partial charge in [0.05, 0.1) is 23.6 Å². The van der Waals surface area contributed by atoms with Gasteiger partial charge in [0.25, 0.3) is 0 Å². The zero-order valence-corrected chi connectivity index (χ0v) is 14.1. The second-order valence-electron chi connectivity index (χ2n) is 4.57. The molecule has 1 aliphatic heterocycles. The van der Waals surface area contributed by atoms with Crippen LogP contribution in [0.2, 0.25) is 10.0 Å². The molecule has 2 atom stereocenters. The van der Waals surface area contributed by atoms with E-state index in [1.807, 2.05) is 0 Å². The first-order chi connectivity index (χ1) is 8.84. The first-order valence-electron chi connectivity index (χ1n) is 5.71. The van der Waals surface area contributed by atoms with Crippen LogP contribution in [0.25, 0.3) is 0 Å². The molecule has 0 saturated carbocycles. The molecule has 0 aromatic heterocycles. The van der Waals surface area contributed by atoms with E-state index in [2.05, 4.69) is 15.9 Å². The van der Waals surface area contributed by atoms with Crippen molar-refractivity contribution in [2.24, 2.45) is 5.92 Å². The van der Waals surface area contributed by atoms with Gasteiger partial charge in [-0.05, 0) is 24.0 Å². The minimum absolute atomic E-state index is 0.0203. The lowest BCUT2D eigenvalue weighted by Crippen LogP contribution is -2.10. The molecule has 2 unspecified atom stereocenters. The minimum Gasteiger partial charge on any atom is -0.495 e. The summed E-state index contributed by atoms with van der Waals surface area (Å²) in [5.74, 6) is 0.950. The standard InChI is InChI=1S/C12H13BrCl2O3S/c1-18-11-5-9(14)8(4-10(11)15)12(13)7-2-3-19(16,17)6-7/h4-5,7,12H,2-3,6H2,1H3. The molecule has 2 rings (SSSR count). The Morgan fingerprint density at radius 2 is 2.05 bits per heavy atom. The molecule has 1 saturated heterocycles. The average molecular weight is 388 g/mol. The van der Waals surface area contributed by atoms with Gasteiger partial charge in [-0.3, -0.25) is 0 Å². The van der Waals surface area contributed by atoms with Crippen molar-refractivity contribution in [3.8, 4) is 5.75 Å². The lowest BCUT2D eigenvalue weighted by Gasteiger charge is -2.19. The predicted octanol–water partition coefficient (Wildman–Crippen LogP) is 3.87. The van der Waals surface area contributed by atoms with Crippen molar-refractivity contribution in [3.63, 3.8) is 0 Å². The number of methoxy groups -OCH3 is 1. The molecule has 1 aromatic rings. The molecule has 19 heavy (non-hydrogen) atoms. The molecule has 0 amide bonds. The SMILES string of the molecule is COc1cc(Cl)c(C(Br)C2CCS(=O)(=O)C2)cc1Cl. The lowest BCUT2D eigenvalue weighted by molar-refractivity contribution is 0.415. The van der Waals surface area contributed by atoms with Crippen LogP contribution < -0.4 is 4.74 Å². The molecular formula is C12H13BrCl2O3S. The first kappa shape index (κ1) is 15.4. The third-order valence-corrected chi connectivity index (χ3v) is 6.91. The summed E-state index contributed by atoms with van der Waals surface area (Å²) >= 11 is 15.8. The topological polar surface area (TPSA) is 43.4 Å². The number of rotatable bonds is 3. The monoisotopic (exact) mass is 386 g/mol. The van der Waals surface area contributed by atoms with Gasteiger partial charge in [-0.15, -0.1) is 0 Å². The summed E-state index contributed by atoms with van der Waals surface area (Å²) in [4.78, 5) is -0.124. The molecule has 0 aliphatic carbocycles. The van der Waals surface area contributed by atoms with Gasteiger partial charge in [0.15, 0.2) is 9.84 Å². The van der Waals surface area contributed by atoms with E-state index in [1.54, 1.807) is 12.1 Å². The van der Waals surface area contributed by atoms with E-state index in [-0.39, 0.29) is 22.3 Å². The molecule has 0 bridgehead atoms. The highest BCUT2D eigenvalue weighted by Crippen LogP contribution is 2.43. The van der Waals surface area contributed by atoms with Crippen LogP contribution in [0.15, 0.2) is 12.1 Å². The number of hydrogen-bond acceptors (Lipinski definition) is 3. The Morgan fingerprint density at radius 3 is 2.58 bits per heavy atom. The molecule has 0 radical (unpaired) electrons. The van der Waals surface area contributed by atoms with Gasteiger partial charge in [-0.2, -0.15) is 0 Å². The van der Waals surface area contributed by atoms with Crippen molar-refractivity contribution in [3.05, 3.63) is 27.7 Å². The number of ether oxygens (including phenoxy) is 1. The smallest absolute Gasteiger partial charge is 0.150 e. The zero-order valence-electron chi connectivity index (χ0n) is 10.2. The molecule has 1 aliphatic rings. The van der Waals surface area contributed by atoms with Crippen LogP contribution in [0.5, 0.6) is 5.75 Å². The Kier molecular flexibility index (Phi) is 4.71. The second-order valence-corrected chi connectivity index (χ2v) is 8.60. The van der Waals surface area contributed by atoms with Crippen LogP contribution in [0.3, 0.4) is 0 Å². The maximum Gasteiger partial charge on any atom is 0.150 e. The third kappa shape index (κ3) is 3.38. The molecule has 3 nitrogen and oxygen atoms in total. The average Bonchev–Trinajstić information content (AvgIpc) is 2.71. The molecule has 106 valence electrons. The quantitative estimate of drug-likeness (QED) is 0.739. The third-order valence-electron chi connectivity index (χ3n) is 3.25. The number of hydrogen-bond donors (Lipinski definition) is 0. The van der Waals surface area contributed by atoms with Gasteiger partial charge in [0.2, 0.25) is 0 Å². The molecular weight excluding hydrogens is 375 g/mol. The van der Waals surface area contributed by atoms with Gasteiger partial charge < -0.3 is 4.74 Å². The van der Waals surface area contributed by atoms with Gasteiger partial charge in [0.1, 0.15) is 5.75 Å². The Morgan fingerprint density at radius 1 is 1.37 bits per heavy atom. The summed E-state index contributed by atoms with van der Waals surface area (Å²) in [6.07, 6.45) is 0.637. The van der Waals surface area contributed by atoms with Crippen LogP contribution in [0, 0.1) is 5.92 Å². The molecule has 1 fully saturated rings. The number of alkyl halides is 1. The first-order valence-corrected chi connectivity index (χ1v) is 9.21. The number of halogens is 3. The lowest BCUT2D eigenvalue weighted by atomic mass is 9.98. The summed E-state index contributed by atoms with van der Waals surface area (Å²) in [6, 6.07) is 3.38. The fourth-order valence-electron chi connectivity index (χ4n) is 2.22. The van der Waals surface area contributed by atoms with Crippen LogP contribution in [-0.2, 0) is 9.84 Å². The highest BCUT2D eigenvalue weighted by Gasteiger charge is 2.34. The molecule has 1 aromatic carbocycles. The normalized spacial score (nSPS) is 23.3. The Bertz CT molecular complexity index is 589. The maximum absolute atomic E-state index is 11.5. The van der Waals surface area contributed by atoms with E-state index in [1.165, 1.54) is 7.11 Å². The van der Waals surface area contributed by atoms with E-state index in [0.29, 0.717) is 22.2 Å². The van der Waals surface area contributed by atoms with Crippen molar-refractivity contribution in [1.29, 1.82) is 0 Å². The van der Waals surface area contributed by atoms with E-state index in [0.717, 1.165) is 5.56 Å². The van der Waals surface area contributed by atoms with E-state index in [4.69, 9.17) is 27.9 Å². The fourth-order valence-corrected chi connectivity index (χ4v) is 5.79. The van der Waals surface area contributed by atoms with Crippen LogP contribution >= 0.6 is 39.1 Å². The Labute approximate surface area is 131 Å². The van der Waals surface area contributed by atoms with E-state index in [9.17, 15) is 8.42 Å². The van der Waals surface area contributed by atoms with Crippen LogP contribution in [0.1, 0.15) is 16.8 Å². The van der Waals surface area contributed by atoms with Crippen molar-refractivity contribution in [2.75, 3.05) is 18.6 Å². The Hall–Kier alpha value is 0.0300. The molecule has 0 N–H and O–H groups in total. The van der Waals surface area contributed by atoms with Gasteiger partial charge in [0, 0.05) is 15.9 Å². The fraction of sp³-hybridized carbons (Fsp3) is 0.500. The second kappa shape index (κ2) is 5.80. The minimum atomic E-state index is -2.92. The van der Waals surface area contributed by atoms with Crippen molar-refractivity contribution in [2.45, 2.75) is 11.2 Å². The van der Waals surface area contributed by atoms with Gasteiger partial charge in [-0.1, -0.05) is 39.1 Å². The number of benzene rings is 1. The van der Waals surface area contributed by atoms with E-state index < -0.39 is 9.84 Å². The highest BCUT2D eigenvalue weighted by molar-refractivity contribution is 9.09. The van der Waals surface area contributed by atoms with Crippen molar-refractivity contribution in [1.82, 2.24) is 0 Å². The summed E-state index contributed by atoms with van der Waals surface area (Å²) in [5, 5.41) is 0.986. The van der Waals surface area contributed by atoms with Crippen molar-refractivity contribution >= 4 is 49.0 Å². The van der Waals surface area contributed by atoms with Crippen LogP contribution in [0.4, 0.5) is 0 Å². The maximum atomic E-state index is 11.5. The molecule has 1 heterocycles. The highest BCUT2D eigenvalue weighted by atomic mass is 79.9. The zero-order chi connectivity index (χ0) is 14.2. The summed E-state index contributed by atoms with van der Waals surface area (Å²) in [5.41, 5.74) is 0.801. The summed E-state index contributed by atoms with van der Waals surface area (Å²) in [6.45, 7) is 0.